The van der Waals surface area contributed by atoms with Crippen LogP contribution in [0.2, 0.25) is 0 Å². The van der Waals surface area contributed by atoms with Crippen molar-refractivity contribution in [2.45, 2.75) is 56.7 Å². The third-order valence-corrected chi connectivity index (χ3v) is 5.94. The maximum atomic E-state index is 5.94. The maximum Gasteiger partial charge on any atom is 0.229 e. The Labute approximate surface area is 155 Å². The molecule has 3 heterocycles. The van der Waals surface area contributed by atoms with Gasteiger partial charge in [-0.3, -0.25) is 4.90 Å². The maximum absolute atomic E-state index is 5.94. The molecule has 2 N–H and O–H groups in total. The molecule has 4 atom stereocenters. The first-order chi connectivity index (χ1) is 12.5. The highest BCUT2D eigenvalue weighted by atomic mass is 15.3. The molecule has 2 unspecified atom stereocenters. The lowest BCUT2D eigenvalue weighted by atomic mass is 9.84. The Bertz CT molecular complexity index is 748. The fraction of sp³-hybridized carbons (Fsp3) is 0.550. The number of hydrogen-bond acceptors (Lipinski definition) is 6. The summed E-state index contributed by atoms with van der Waals surface area (Å²) in [5.74, 6) is 2.39. The van der Waals surface area contributed by atoms with Crippen molar-refractivity contribution in [1.29, 1.82) is 0 Å². The van der Waals surface area contributed by atoms with Gasteiger partial charge < -0.3 is 10.6 Å². The Balaban J connectivity index is 1.56. The second kappa shape index (κ2) is 6.83. The second-order valence-electron chi connectivity index (χ2n) is 7.83. The third-order valence-electron chi connectivity index (χ3n) is 5.94. The van der Waals surface area contributed by atoms with Crippen LogP contribution in [0, 0.1) is 0 Å². The molecule has 2 aromatic rings. The summed E-state index contributed by atoms with van der Waals surface area (Å²) in [6.45, 7) is 2.21. The van der Waals surface area contributed by atoms with Crippen LogP contribution < -0.4 is 10.6 Å². The quantitative estimate of drug-likeness (QED) is 0.912. The van der Waals surface area contributed by atoms with E-state index >= 15 is 0 Å². The summed E-state index contributed by atoms with van der Waals surface area (Å²) in [6, 6.07) is 12.3. The average molecular weight is 352 g/mol. The van der Waals surface area contributed by atoms with Gasteiger partial charge in [0.25, 0.3) is 0 Å². The van der Waals surface area contributed by atoms with Crippen molar-refractivity contribution < 1.29 is 0 Å². The highest BCUT2D eigenvalue weighted by Crippen LogP contribution is 2.46. The van der Waals surface area contributed by atoms with Crippen LogP contribution in [0.1, 0.15) is 56.0 Å². The topological polar surface area (TPSA) is 71.2 Å². The van der Waals surface area contributed by atoms with Crippen LogP contribution in [-0.4, -0.2) is 46.0 Å². The molecule has 2 fully saturated rings. The molecule has 1 aromatic carbocycles. The first-order valence-corrected chi connectivity index (χ1v) is 9.54. The summed E-state index contributed by atoms with van der Waals surface area (Å²) in [5, 5.41) is 0. The molecule has 2 aliphatic heterocycles. The number of nitrogens with zero attached hydrogens (tertiary/aromatic N) is 5. The number of rotatable bonds is 4. The molecule has 2 saturated heterocycles. The van der Waals surface area contributed by atoms with Crippen molar-refractivity contribution in [2.75, 3.05) is 24.7 Å². The van der Waals surface area contributed by atoms with Gasteiger partial charge in [-0.1, -0.05) is 30.3 Å². The number of nitrogen functional groups attached to an aromatic ring is 1. The number of nitrogens with two attached hydrogens (primary N) is 1. The SMILES string of the molecule is CC(c1nc(N)nc(N(C)C)n1)N1[C@@H]2CC[C@H]1CC(c1ccccc1)C2. The number of piperidine rings is 1. The summed E-state index contributed by atoms with van der Waals surface area (Å²) < 4.78 is 0. The fourth-order valence-electron chi connectivity index (χ4n) is 4.76. The van der Waals surface area contributed by atoms with Crippen LogP contribution in [-0.2, 0) is 0 Å². The predicted octanol–water partition coefficient (Wildman–Crippen LogP) is 2.99. The van der Waals surface area contributed by atoms with Gasteiger partial charge in [-0.05, 0) is 44.1 Å². The summed E-state index contributed by atoms with van der Waals surface area (Å²) in [6.07, 6.45) is 4.96. The molecule has 6 heteroatoms. The van der Waals surface area contributed by atoms with Gasteiger partial charge in [-0.15, -0.1) is 0 Å². The molecule has 0 radical (unpaired) electrons. The molecular formula is C20H28N6. The summed E-state index contributed by atoms with van der Waals surface area (Å²) in [4.78, 5) is 17.9. The molecule has 0 aliphatic carbocycles. The van der Waals surface area contributed by atoms with Crippen molar-refractivity contribution in [3.8, 4) is 0 Å². The second-order valence-corrected chi connectivity index (χ2v) is 7.83. The van der Waals surface area contributed by atoms with Crippen LogP contribution in [0.3, 0.4) is 0 Å². The zero-order valence-corrected chi connectivity index (χ0v) is 15.8. The predicted molar refractivity (Wildman–Crippen MR) is 104 cm³/mol. The van der Waals surface area contributed by atoms with Crippen molar-refractivity contribution >= 4 is 11.9 Å². The van der Waals surface area contributed by atoms with E-state index in [0.717, 1.165) is 5.82 Å². The summed E-state index contributed by atoms with van der Waals surface area (Å²) >= 11 is 0. The van der Waals surface area contributed by atoms with Gasteiger partial charge in [-0.25, -0.2) is 0 Å². The molecular weight excluding hydrogens is 324 g/mol. The van der Waals surface area contributed by atoms with E-state index in [-0.39, 0.29) is 6.04 Å². The minimum Gasteiger partial charge on any atom is -0.368 e. The van der Waals surface area contributed by atoms with E-state index in [1.54, 1.807) is 0 Å². The van der Waals surface area contributed by atoms with E-state index in [2.05, 4.69) is 57.1 Å². The van der Waals surface area contributed by atoms with E-state index in [0.29, 0.717) is 29.9 Å². The summed E-state index contributed by atoms with van der Waals surface area (Å²) in [5.41, 5.74) is 7.42. The van der Waals surface area contributed by atoms with Crippen molar-refractivity contribution in [2.24, 2.45) is 0 Å². The number of anilines is 2. The molecule has 0 spiro atoms. The number of benzene rings is 1. The van der Waals surface area contributed by atoms with Gasteiger partial charge in [0.15, 0.2) is 5.82 Å². The highest BCUT2D eigenvalue weighted by Gasteiger charge is 2.44. The number of hydrogen-bond donors (Lipinski definition) is 1. The molecule has 1 aromatic heterocycles. The van der Waals surface area contributed by atoms with E-state index in [4.69, 9.17) is 5.73 Å². The van der Waals surface area contributed by atoms with E-state index in [9.17, 15) is 0 Å². The van der Waals surface area contributed by atoms with Gasteiger partial charge in [0.05, 0.1) is 6.04 Å². The lowest BCUT2D eigenvalue weighted by Gasteiger charge is -2.42. The Morgan fingerprint density at radius 2 is 1.69 bits per heavy atom. The van der Waals surface area contributed by atoms with Gasteiger partial charge in [0.2, 0.25) is 11.9 Å². The smallest absolute Gasteiger partial charge is 0.229 e. The Morgan fingerprint density at radius 1 is 1.04 bits per heavy atom. The molecule has 138 valence electrons. The zero-order valence-electron chi connectivity index (χ0n) is 15.8. The van der Waals surface area contributed by atoms with Crippen molar-refractivity contribution in [1.82, 2.24) is 19.9 Å². The largest absolute Gasteiger partial charge is 0.368 e. The molecule has 2 bridgehead atoms. The summed E-state index contributed by atoms with van der Waals surface area (Å²) in [7, 11) is 3.86. The highest BCUT2D eigenvalue weighted by molar-refractivity contribution is 5.33. The Kier molecular flexibility index (Phi) is 4.53. The third kappa shape index (κ3) is 3.14. The van der Waals surface area contributed by atoms with E-state index in [1.807, 2.05) is 19.0 Å². The lowest BCUT2D eigenvalue weighted by Crippen LogP contribution is -2.44. The van der Waals surface area contributed by atoms with E-state index in [1.165, 1.54) is 31.2 Å². The van der Waals surface area contributed by atoms with Gasteiger partial charge >= 0.3 is 0 Å². The van der Waals surface area contributed by atoms with E-state index < -0.39 is 0 Å². The monoisotopic (exact) mass is 352 g/mol. The number of fused-ring (bicyclic) bond motifs is 2. The fourth-order valence-corrected chi connectivity index (χ4v) is 4.76. The minimum atomic E-state index is 0.160. The molecule has 0 saturated carbocycles. The van der Waals surface area contributed by atoms with Crippen molar-refractivity contribution in [3.63, 3.8) is 0 Å². The standard InChI is InChI=1S/C20H28N6/c1-13(18-22-19(21)24-20(23-18)25(2)3)26-16-9-10-17(26)12-15(11-16)14-7-5-4-6-8-14/h4-8,13,15-17H,9-12H2,1-3H3,(H2,21,22,23,24)/t13?,15?,16-,17+. The van der Waals surface area contributed by atoms with Gasteiger partial charge in [0, 0.05) is 26.2 Å². The average Bonchev–Trinajstić information content (AvgIpc) is 2.90. The van der Waals surface area contributed by atoms with Gasteiger partial charge in [-0.2, -0.15) is 15.0 Å². The first kappa shape index (κ1) is 17.2. The molecule has 26 heavy (non-hydrogen) atoms. The van der Waals surface area contributed by atoms with Crippen LogP contribution in [0.5, 0.6) is 0 Å². The first-order valence-electron chi connectivity index (χ1n) is 9.54. The zero-order chi connectivity index (χ0) is 18.3. The lowest BCUT2D eigenvalue weighted by molar-refractivity contribution is 0.0800. The van der Waals surface area contributed by atoms with Crippen LogP contribution >= 0.6 is 0 Å². The van der Waals surface area contributed by atoms with Crippen LogP contribution in [0.4, 0.5) is 11.9 Å². The van der Waals surface area contributed by atoms with Gasteiger partial charge in [0.1, 0.15) is 0 Å². The Hall–Kier alpha value is -2.21. The van der Waals surface area contributed by atoms with Crippen molar-refractivity contribution in [3.05, 3.63) is 41.7 Å². The Morgan fingerprint density at radius 3 is 2.31 bits per heavy atom. The normalized spacial score (nSPS) is 26.7. The molecule has 2 aliphatic rings. The molecule has 4 rings (SSSR count). The minimum absolute atomic E-state index is 0.160. The molecule has 0 amide bonds. The number of aromatic nitrogens is 3. The van der Waals surface area contributed by atoms with Crippen LogP contribution in [0.25, 0.3) is 0 Å². The van der Waals surface area contributed by atoms with Crippen LogP contribution in [0.15, 0.2) is 30.3 Å². The molecule has 6 nitrogen and oxygen atoms in total.